The first kappa shape index (κ1) is 19.4. The van der Waals surface area contributed by atoms with Gasteiger partial charge >= 0.3 is 5.97 Å². The summed E-state index contributed by atoms with van der Waals surface area (Å²) in [7, 11) is 0. The van der Waals surface area contributed by atoms with Gasteiger partial charge in [-0.05, 0) is 55.8 Å². The summed E-state index contributed by atoms with van der Waals surface area (Å²) < 4.78 is 6.02. The minimum Gasteiger partial charge on any atom is -0.452 e. The van der Waals surface area contributed by atoms with Crippen molar-refractivity contribution in [2.45, 2.75) is 24.0 Å². The summed E-state index contributed by atoms with van der Waals surface area (Å²) in [4.78, 5) is 36.9. The van der Waals surface area contributed by atoms with Crippen LogP contribution >= 0.6 is 27.7 Å². The van der Waals surface area contributed by atoms with Crippen LogP contribution in [-0.2, 0) is 14.3 Å². The Morgan fingerprint density at radius 3 is 2.78 bits per heavy atom. The van der Waals surface area contributed by atoms with Crippen molar-refractivity contribution in [3.8, 4) is 0 Å². The molecule has 2 amide bonds. The number of hydrogen-bond acceptors (Lipinski definition) is 5. The highest BCUT2D eigenvalue weighted by Crippen LogP contribution is 2.36. The van der Waals surface area contributed by atoms with Gasteiger partial charge in [0.2, 0.25) is 5.91 Å². The number of rotatable bonds is 4. The van der Waals surface area contributed by atoms with Crippen LogP contribution in [0.15, 0.2) is 45.8 Å². The molecule has 2 aromatic rings. The monoisotopic (exact) mass is 448 g/mol. The molecule has 1 aliphatic heterocycles. The van der Waals surface area contributed by atoms with Crippen molar-refractivity contribution in [1.29, 1.82) is 0 Å². The second-order valence-electron chi connectivity index (χ2n) is 6.05. The Hall–Kier alpha value is -2.32. The van der Waals surface area contributed by atoms with Gasteiger partial charge < -0.3 is 15.4 Å². The summed E-state index contributed by atoms with van der Waals surface area (Å²) in [5, 5.41) is 5.26. The van der Waals surface area contributed by atoms with Crippen molar-refractivity contribution in [3.63, 3.8) is 0 Å². The molecule has 1 aliphatic rings. The first-order chi connectivity index (χ1) is 12.8. The van der Waals surface area contributed by atoms with Crippen LogP contribution in [-0.4, -0.2) is 29.6 Å². The second-order valence-corrected chi connectivity index (χ2v) is 8.29. The third kappa shape index (κ3) is 4.70. The molecule has 8 heteroatoms. The van der Waals surface area contributed by atoms with Gasteiger partial charge in [0.25, 0.3) is 5.91 Å². The van der Waals surface area contributed by atoms with Gasteiger partial charge in [-0.1, -0.05) is 15.9 Å². The number of anilines is 2. The van der Waals surface area contributed by atoms with E-state index in [2.05, 4.69) is 26.6 Å². The number of carbonyl (C=O) groups is 3. The maximum absolute atomic E-state index is 12.2. The molecule has 27 heavy (non-hydrogen) atoms. The molecule has 1 atom stereocenters. The lowest BCUT2D eigenvalue weighted by molar-refractivity contribution is -0.119. The van der Waals surface area contributed by atoms with Crippen LogP contribution in [0.1, 0.15) is 22.8 Å². The molecule has 1 heterocycles. The average Bonchev–Trinajstić information content (AvgIpc) is 2.63. The van der Waals surface area contributed by atoms with Gasteiger partial charge in [-0.25, -0.2) is 4.79 Å². The fraction of sp³-hybridized carbons (Fsp3) is 0.211. The largest absolute Gasteiger partial charge is 0.452 e. The van der Waals surface area contributed by atoms with Crippen molar-refractivity contribution in [2.75, 3.05) is 17.2 Å². The van der Waals surface area contributed by atoms with E-state index in [0.717, 1.165) is 14.9 Å². The summed E-state index contributed by atoms with van der Waals surface area (Å²) in [5.41, 5.74) is 2.45. The van der Waals surface area contributed by atoms with Gasteiger partial charge in [-0.15, -0.1) is 11.8 Å². The predicted molar refractivity (Wildman–Crippen MR) is 108 cm³/mol. The molecule has 0 aliphatic carbocycles. The van der Waals surface area contributed by atoms with E-state index in [9.17, 15) is 14.4 Å². The number of carbonyl (C=O) groups excluding carboxylic acids is 3. The molecule has 0 bridgehead atoms. The number of aryl methyl sites for hydroxylation is 1. The number of nitrogens with one attached hydrogen (secondary N) is 2. The number of halogens is 1. The zero-order valence-corrected chi connectivity index (χ0v) is 17.1. The van der Waals surface area contributed by atoms with Crippen molar-refractivity contribution in [2.24, 2.45) is 0 Å². The van der Waals surface area contributed by atoms with Crippen LogP contribution in [0.3, 0.4) is 0 Å². The molecule has 0 radical (unpaired) electrons. The van der Waals surface area contributed by atoms with E-state index in [0.29, 0.717) is 11.4 Å². The highest BCUT2D eigenvalue weighted by molar-refractivity contribution is 9.10. The van der Waals surface area contributed by atoms with Gasteiger partial charge in [-0.2, -0.15) is 0 Å². The highest BCUT2D eigenvalue weighted by Gasteiger charge is 2.24. The Morgan fingerprint density at radius 1 is 1.26 bits per heavy atom. The number of ether oxygens (including phenoxy) is 1. The highest BCUT2D eigenvalue weighted by atomic mass is 79.9. The van der Waals surface area contributed by atoms with Gasteiger partial charge in [0.05, 0.1) is 16.5 Å². The summed E-state index contributed by atoms with van der Waals surface area (Å²) in [6.45, 7) is 3.33. The number of thioether (sulfide) groups is 1. The quantitative estimate of drug-likeness (QED) is 0.690. The number of fused-ring (bicyclic) bond motifs is 1. The molecule has 2 aromatic carbocycles. The molecule has 6 nitrogen and oxygen atoms in total. The first-order valence-electron chi connectivity index (χ1n) is 8.18. The van der Waals surface area contributed by atoms with E-state index in [-0.39, 0.29) is 16.7 Å². The van der Waals surface area contributed by atoms with Gasteiger partial charge in [-0.3, -0.25) is 9.59 Å². The van der Waals surface area contributed by atoms with E-state index < -0.39 is 18.5 Å². The minimum atomic E-state index is -0.627. The zero-order valence-electron chi connectivity index (χ0n) is 14.7. The van der Waals surface area contributed by atoms with Gasteiger partial charge in [0, 0.05) is 15.1 Å². The molecule has 3 rings (SSSR count). The van der Waals surface area contributed by atoms with Crippen molar-refractivity contribution < 1.29 is 19.1 Å². The van der Waals surface area contributed by atoms with Crippen LogP contribution in [0, 0.1) is 6.92 Å². The zero-order chi connectivity index (χ0) is 19.6. The van der Waals surface area contributed by atoms with E-state index in [4.69, 9.17) is 4.74 Å². The van der Waals surface area contributed by atoms with Crippen LogP contribution in [0.25, 0.3) is 0 Å². The SMILES string of the molecule is Cc1cc(NC(=O)COC(=O)c2ccc3c(c2)NC(=O)C(C)S3)ccc1Br. The standard InChI is InChI=1S/C19H17BrN2O4S/c1-10-7-13(4-5-14(10)20)21-17(23)9-26-19(25)12-3-6-16-15(8-12)22-18(24)11(2)27-16/h3-8,11H,9H2,1-2H3,(H,21,23)(H,22,24). The smallest absolute Gasteiger partial charge is 0.338 e. The predicted octanol–water partition coefficient (Wildman–Crippen LogP) is 3.99. The summed E-state index contributed by atoms with van der Waals surface area (Å²) in [6, 6.07) is 10.3. The van der Waals surface area contributed by atoms with E-state index in [1.807, 2.05) is 26.0 Å². The van der Waals surface area contributed by atoms with Crippen LogP contribution in [0.2, 0.25) is 0 Å². The van der Waals surface area contributed by atoms with Crippen LogP contribution in [0.5, 0.6) is 0 Å². The Balaban J connectivity index is 1.59. The fourth-order valence-corrected chi connectivity index (χ4v) is 3.65. The molecular formula is C19H17BrN2O4S. The molecule has 0 spiro atoms. The number of esters is 1. The molecule has 0 saturated heterocycles. The summed E-state index contributed by atoms with van der Waals surface area (Å²) in [6.07, 6.45) is 0. The third-order valence-corrected chi connectivity index (χ3v) is 5.99. The maximum Gasteiger partial charge on any atom is 0.338 e. The van der Waals surface area contributed by atoms with Gasteiger partial charge in [0.15, 0.2) is 6.61 Å². The maximum atomic E-state index is 12.2. The third-order valence-electron chi connectivity index (χ3n) is 3.92. The number of amides is 2. The molecular weight excluding hydrogens is 432 g/mol. The number of hydrogen-bond donors (Lipinski definition) is 2. The lowest BCUT2D eigenvalue weighted by Gasteiger charge is -2.21. The van der Waals surface area contributed by atoms with Crippen molar-refractivity contribution in [1.82, 2.24) is 0 Å². The Labute approximate surface area is 169 Å². The molecule has 1 unspecified atom stereocenters. The average molecular weight is 449 g/mol. The number of benzene rings is 2. The Bertz CT molecular complexity index is 932. The topological polar surface area (TPSA) is 84.5 Å². The molecule has 140 valence electrons. The van der Waals surface area contributed by atoms with E-state index in [1.54, 1.807) is 24.3 Å². The fourth-order valence-electron chi connectivity index (χ4n) is 2.47. The second kappa shape index (κ2) is 8.14. The minimum absolute atomic E-state index is 0.109. The lowest BCUT2D eigenvalue weighted by atomic mass is 10.2. The molecule has 0 saturated carbocycles. The van der Waals surface area contributed by atoms with Crippen molar-refractivity contribution in [3.05, 3.63) is 52.0 Å². The molecule has 2 N–H and O–H groups in total. The summed E-state index contributed by atoms with van der Waals surface area (Å²) in [5.74, 6) is -1.17. The Kier molecular flexibility index (Phi) is 5.86. The van der Waals surface area contributed by atoms with Crippen molar-refractivity contribution >= 4 is 56.9 Å². The van der Waals surface area contributed by atoms with E-state index >= 15 is 0 Å². The summed E-state index contributed by atoms with van der Waals surface area (Å²) >= 11 is 4.82. The molecule has 0 fully saturated rings. The van der Waals surface area contributed by atoms with E-state index in [1.165, 1.54) is 11.8 Å². The first-order valence-corrected chi connectivity index (χ1v) is 9.85. The van der Waals surface area contributed by atoms with Crippen LogP contribution in [0.4, 0.5) is 11.4 Å². The Morgan fingerprint density at radius 2 is 2.04 bits per heavy atom. The molecule has 0 aromatic heterocycles. The lowest BCUT2D eigenvalue weighted by Crippen LogP contribution is -2.26. The van der Waals surface area contributed by atoms with Crippen LogP contribution < -0.4 is 10.6 Å². The van der Waals surface area contributed by atoms with Gasteiger partial charge in [0.1, 0.15) is 0 Å². The normalized spacial score (nSPS) is 15.5.